The fourth-order valence-electron chi connectivity index (χ4n) is 3.04. The summed E-state index contributed by atoms with van der Waals surface area (Å²) in [4.78, 5) is 13.6. The Kier molecular flexibility index (Phi) is 6.47. The maximum atomic E-state index is 12.8. The molecule has 2 aromatic heterocycles. The van der Waals surface area contributed by atoms with Gasteiger partial charge in [0.1, 0.15) is 4.21 Å². The molecule has 4 rings (SSSR count). The average Bonchev–Trinajstić information content (AvgIpc) is 3.11. The molecule has 1 aromatic carbocycles. The zero-order chi connectivity index (χ0) is 21.9. The number of halogens is 1. The Bertz CT molecular complexity index is 1130. The number of thiophene rings is 1. The molecule has 0 spiro atoms. The number of nitrogens with one attached hydrogen (secondary N) is 1. The number of carbonyl (C=O) groups is 1. The van der Waals surface area contributed by atoms with Crippen LogP contribution < -0.4 is 4.72 Å². The summed E-state index contributed by atoms with van der Waals surface area (Å²) < 4.78 is 28.7. The molecule has 2 heterocycles. The van der Waals surface area contributed by atoms with E-state index >= 15 is 0 Å². The molecule has 1 fully saturated rings. The third-order valence-electron chi connectivity index (χ3n) is 4.79. The van der Waals surface area contributed by atoms with Crippen molar-refractivity contribution in [2.75, 3.05) is 0 Å². The maximum Gasteiger partial charge on any atom is 0.503 e. The lowest BCUT2D eigenvalue weighted by Gasteiger charge is -2.12. The number of pyridine rings is 1. The maximum absolute atomic E-state index is 12.8. The minimum absolute atomic E-state index is 0.0888. The number of sulfonamides is 1. The van der Waals surface area contributed by atoms with Crippen molar-refractivity contribution in [1.29, 1.82) is 0 Å². The smallest absolute Gasteiger partial charge is 0.450 e. The van der Waals surface area contributed by atoms with Gasteiger partial charge in [-0.25, -0.2) is 17.9 Å². The van der Waals surface area contributed by atoms with E-state index in [1.165, 1.54) is 11.3 Å². The third kappa shape index (κ3) is 5.17. The van der Waals surface area contributed by atoms with E-state index in [4.69, 9.17) is 26.6 Å². The molecule has 3 aromatic rings. The van der Waals surface area contributed by atoms with Gasteiger partial charge in [-0.2, -0.15) is 0 Å². The van der Waals surface area contributed by atoms with Gasteiger partial charge in [0.25, 0.3) is 0 Å². The van der Waals surface area contributed by atoms with Crippen LogP contribution in [0.4, 0.5) is 4.79 Å². The summed E-state index contributed by atoms with van der Waals surface area (Å²) in [6.07, 6.45) is 0.520. The third-order valence-corrected chi connectivity index (χ3v) is 8.09. The van der Waals surface area contributed by atoms with Gasteiger partial charge in [-0.1, -0.05) is 48.9 Å². The monoisotopic (exact) mass is 466 g/mol. The summed E-state index contributed by atoms with van der Waals surface area (Å²) in [6, 6.07) is 16.9. The molecule has 158 valence electrons. The molecule has 30 heavy (non-hydrogen) atoms. The van der Waals surface area contributed by atoms with Gasteiger partial charge in [-0.05, 0) is 36.2 Å². The largest absolute Gasteiger partial charge is 0.503 e. The topological polar surface area (TPSA) is 117 Å². The molecule has 0 bridgehead atoms. The first kappa shape index (κ1) is 22.2. The second kappa shape index (κ2) is 8.73. The summed E-state index contributed by atoms with van der Waals surface area (Å²) >= 11 is 7.06. The minimum Gasteiger partial charge on any atom is -0.450 e. The van der Waals surface area contributed by atoms with Crippen molar-refractivity contribution >= 4 is 39.1 Å². The molecule has 10 heteroatoms. The lowest BCUT2D eigenvalue weighted by atomic mass is 9.98. The van der Waals surface area contributed by atoms with Crippen LogP contribution in [0.2, 0.25) is 5.02 Å². The van der Waals surface area contributed by atoms with Crippen molar-refractivity contribution in [3.8, 4) is 10.6 Å². The van der Waals surface area contributed by atoms with Crippen LogP contribution in [-0.4, -0.2) is 35.8 Å². The van der Waals surface area contributed by atoms with Gasteiger partial charge in [0.15, 0.2) is 0 Å². The second-order valence-electron chi connectivity index (χ2n) is 6.92. The van der Waals surface area contributed by atoms with Gasteiger partial charge in [0.05, 0.1) is 15.6 Å². The van der Waals surface area contributed by atoms with Crippen molar-refractivity contribution in [3.63, 3.8) is 0 Å². The molecule has 7 nitrogen and oxygen atoms in total. The Balaban J connectivity index is 0.000000589. The van der Waals surface area contributed by atoms with E-state index in [9.17, 15) is 8.42 Å². The highest BCUT2D eigenvalue weighted by Gasteiger charge is 2.53. The van der Waals surface area contributed by atoms with Crippen molar-refractivity contribution in [2.24, 2.45) is 0 Å². The van der Waals surface area contributed by atoms with Crippen LogP contribution in [0.15, 0.2) is 65.0 Å². The average molecular weight is 467 g/mol. The van der Waals surface area contributed by atoms with Crippen LogP contribution >= 0.6 is 22.9 Å². The van der Waals surface area contributed by atoms with Crippen molar-refractivity contribution in [3.05, 3.63) is 71.4 Å². The predicted molar refractivity (Wildman–Crippen MR) is 116 cm³/mol. The van der Waals surface area contributed by atoms with E-state index in [0.717, 1.165) is 16.9 Å². The molecule has 0 amide bonds. The Hall–Kier alpha value is -2.46. The first-order chi connectivity index (χ1) is 14.1. The first-order valence-electron chi connectivity index (χ1n) is 8.83. The zero-order valence-electron chi connectivity index (χ0n) is 15.8. The summed E-state index contributed by atoms with van der Waals surface area (Å²) in [5.74, 6) is 0. The van der Waals surface area contributed by atoms with Crippen LogP contribution in [0.5, 0.6) is 0 Å². The molecule has 0 saturated heterocycles. The molecular weight excluding hydrogens is 448 g/mol. The highest BCUT2D eigenvalue weighted by atomic mass is 35.5. The fourth-order valence-corrected chi connectivity index (χ4v) is 5.80. The summed E-state index contributed by atoms with van der Waals surface area (Å²) in [5, 5.41) is 14.5. The van der Waals surface area contributed by atoms with E-state index in [-0.39, 0.29) is 11.5 Å². The molecule has 1 aliphatic rings. The lowest BCUT2D eigenvalue weighted by molar-refractivity contribution is 0.137. The number of hydrogen-bond donors (Lipinski definition) is 3. The van der Waals surface area contributed by atoms with E-state index in [2.05, 4.69) is 16.6 Å². The van der Waals surface area contributed by atoms with E-state index in [1.807, 2.05) is 30.3 Å². The van der Waals surface area contributed by atoms with Gasteiger partial charge in [0, 0.05) is 17.7 Å². The zero-order valence-corrected chi connectivity index (χ0v) is 18.2. The number of aromatic nitrogens is 1. The number of carboxylic acid groups (broad SMARTS) is 2. The molecular formula is C20H19ClN2O5S2. The highest BCUT2D eigenvalue weighted by Crippen LogP contribution is 2.48. The van der Waals surface area contributed by atoms with Crippen molar-refractivity contribution in [1.82, 2.24) is 9.71 Å². The number of rotatable bonds is 5. The highest BCUT2D eigenvalue weighted by molar-refractivity contribution is 7.91. The van der Waals surface area contributed by atoms with Crippen LogP contribution in [0.3, 0.4) is 0 Å². The molecule has 0 unspecified atom stereocenters. The normalized spacial score (nSPS) is 20.1. The van der Waals surface area contributed by atoms with Crippen LogP contribution in [0, 0.1) is 0 Å². The van der Waals surface area contributed by atoms with Gasteiger partial charge in [-0.15, -0.1) is 11.3 Å². The van der Waals surface area contributed by atoms with Crippen molar-refractivity contribution < 1.29 is 23.4 Å². The molecule has 0 aliphatic heterocycles. The quantitative estimate of drug-likeness (QED) is 0.502. The SMILES string of the molecule is C[C@]1(c2ccccc2)C[C@@H]1NS(=O)(=O)c1ccc(-c2ccc(Cl)cn2)s1.O=C(O)O. The van der Waals surface area contributed by atoms with Gasteiger partial charge >= 0.3 is 6.16 Å². The Morgan fingerprint density at radius 3 is 2.43 bits per heavy atom. The van der Waals surface area contributed by atoms with Crippen molar-refractivity contribution in [2.45, 2.75) is 29.0 Å². The molecule has 1 aliphatic carbocycles. The molecule has 3 N–H and O–H groups in total. The van der Waals surface area contributed by atoms with Crippen LogP contribution in [0.25, 0.3) is 10.6 Å². The Morgan fingerprint density at radius 1 is 1.17 bits per heavy atom. The predicted octanol–water partition coefficient (Wildman–Crippen LogP) is 4.69. The molecule has 0 radical (unpaired) electrons. The number of benzene rings is 1. The van der Waals surface area contributed by atoms with Crippen LogP contribution in [-0.2, 0) is 15.4 Å². The second-order valence-corrected chi connectivity index (χ2v) is 10.4. The minimum atomic E-state index is -3.56. The fraction of sp³-hybridized carbons (Fsp3) is 0.200. The Morgan fingerprint density at radius 2 is 1.83 bits per heavy atom. The first-order valence-corrected chi connectivity index (χ1v) is 11.5. The number of nitrogens with zero attached hydrogens (tertiary/aromatic N) is 1. The number of hydrogen-bond acceptors (Lipinski definition) is 5. The summed E-state index contributed by atoms with van der Waals surface area (Å²) in [5.41, 5.74) is 1.72. The van der Waals surface area contributed by atoms with Gasteiger partial charge in [-0.3, -0.25) is 4.98 Å². The standard InChI is InChI=1S/C19H17ClN2O2S2.CH2O3/c1-19(13-5-3-2-4-6-13)11-17(19)22-26(23,24)18-10-9-16(25-18)15-8-7-14(20)12-21-15;2-1(3)4/h2-10,12,17,22H,11H2,1H3;(H2,2,3,4)/t17-,19+;/m0./s1. The summed E-state index contributed by atoms with van der Waals surface area (Å²) in [7, 11) is -3.56. The molecule has 1 saturated carbocycles. The lowest BCUT2D eigenvalue weighted by Crippen LogP contribution is -2.29. The van der Waals surface area contributed by atoms with E-state index in [0.29, 0.717) is 14.9 Å². The van der Waals surface area contributed by atoms with Gasteiger partial charge in [0.2, 0.25) is 10.0 Å². The van der Waals surface area contributed by atoms with E-state index in [1.54, 1.807) is 30.5 Å². The van der Waals surface area contributed by atoms with E-state index < -0.39 is 16.2 Å². The Labute approximate surface area is 183 Å². The van der Waals surface area contributed by atoms with Gasteiger partial charge < -0.3 is 10.2 Å². The van der Waals surface area contributed by atoms with Crippen LogP contribution in [0.1, 0.15) is 18.9 Å². The molecule has 2 atom stereocenters. The summed E-state index contributed by atoms with van der Waals surface area (Å²) in [6.45, 7) is 2.09.